The van der Waals surface area contributed by atoms with Gasteiger partial charge in [0.25, 0.3) is 5.91 Å². The zero-order valence-corrected chi connectivity index (χ0v) is 12.7. The number of nitrogens with one attached hydrogen (secondary N) is 1. The van der Waals surface area contributed by atoms with E-state index in [9.17, 15) is 9.59 Å². The van der Waals surface area contributed by atoms with Crippen LogP contribution in [0.25, 0.3) is 10.8 Å². The molecule has 0 aliphatic heterocycles. The number of hydrogen-bond donors (Lipinski definition) is 2. The molecule has 2 aromatic rings. The molecular weight excluding hydrogens is 292 g/mol. The van der Waals surface area contributed by atoms with E-state index in [2.05, 4.69) is 10.3 Å². The van der Waals surface area contributed by atoms with Crippen molar-refractivity contribution in [3.8, 4) is 10.8 Å². The minimum Gasteiger partial charge on any atom is -0.481 e. The van der Waals surface area contributed by atoms with Crippen LogP contribution >= 0.6 is 11.3 Å². The first kappa shape index (κ1) is 15.2. The van der Waals surface area contributed by atoms with E-state index < -0.39 is 17.9 Å². The zero-order chi connectivity index (χ0) is 15.6. The van der Waals surface area contributed by atoms with Crippen LogP contribution in [0.3, 0.4) is 0 Å². The molecular formula is C14H16N2O4S. The number of aliphatic carboxylic acids is 1. The number of carboxylic acids is 1. The van der Waals surface area contributed by atoms with Crippen molar-refractivity contribution in [1.29, 1.82) is 0 Å². The Kier molecular flexibility index (Phi) is 4.42. The van der Waals surface area contributed by atoms with E-state index in [-0.39, 0.29) is 5.91 Å². The van der Waals surface area contributed by atoms with Crippen LogP contribution in [0.2, 0.25) is 0 Å². The average Bonchev–Trinajstić information content (AvgIpc) is 3.06. The van der Waals surface area contributed by atoms with Crippen LogP contribution < -0.4 is 5.32 Å². The molecule has 0 saturated carbocycles. The summed E-state index contributed by atoms with van der Waals surface area (Å²) < 4.78 is 5.26. The van der Waals surface area contributed by atoms with Crippen LogP contribution in [0.15, 0.2) is 22.8 Å². The van der Waals surface area contributed by atoms with Gasteiger partial charge in [-0.25, -0.2) is 4.98 Å². The van der Waals surface area contributed by atoms with Gasteiger partial charge in [-0.3, -0.25) is 9.59 Å². The van der Waals surface area contributed by atoms with Crippen molar-refractivity contribution < 1.29 is 19.1 Å². The Morgan fingerprint density at radius 2 is 2.14 bits per heavy atom. The van der Waals surface area contributed by atoms with Gasteiger partial charge >= 0.3 is 5.97 Å². The second kappa shape index (κ2) is 6.09. The van der Waals surface area contributed by atoms with Gasteiger partial charge < -0.3 is 14.8 Å². The normalized spacial score (nSPS) is 13.7. The fraction of sp³-hybridized carbons (Fsp3) is 0.357. The van der Waals surface area contributed by atoms with E-state index in [0.717, 1.165) is 4.88 Å². The lowest BCUT2D eigenvalue weighted by atomic mass is 10.0. The lowest BCUT2D eigenvalue weighted by Gasteiger charge is -2.17. The molecule has 0 aliphatic carbocycles. The molecule has 7 heteroatoms. The van der Waals surface area contributed by atoms with Crippen molar-refractivity contribution in [1.82, 2.24) is 10.3 Å². The van der Waals surface area contributed by atoms with E-state index in [4.69, 9.17) is 9.52 Å². The summed E-state index contributed by atoms with van der Waals surface area (Å²) in [5, 5.41) is 12.2. The van der Waals surface area contributed by atoms with Crippen molar-refractivity contribution in [3.63, 3.8) is 0 Å². The molecule has 0 aliphatic rings. The molecule has 2 rings (SSSR count). The van der Waals surface area contributed by atoms with E-state index in [1.165, 1.54) is 11.3 Å². The number of amides is 1. The highest BCUT2D eigenvalue weighted by molar-refractivity contribution is 7.15. The number of carbonyl (C=O) groups excluding carboxylic acids is 1. The van der Waals surface area contributed by atoms with E-state index >= 15 is 0 Å². The zero-order valence-electron chi connectivity index (χ0n) is 11.9. The lowest BCUT2D eigenvalue weighted by molar-refractivity contribution is -0.141. The molecule has 2 N–H and O–H groups in total. The number of aryl methyl sites for hydroxylation is 1. The van der Waals surface area contributed by atoms with Crippen LogP contribution in [-0.2, 0) is 4.79 Å². The van der Waals surface area contributed by atoms with Gasteiger partial charge in [-0.05, 0) is 32.9 Å². The molecule has 0 spiro atoms. The van der Waals surface area contributed by atoms with Crippen molar-refractivity contribution in [3.05, 3.63) is 29.0 Å². The molecule has 2 heterocycles. The smallest absolute Gasteiger partial charge is 0.308 e. The molecule has 1 amide bonds. The first-order chi connectivity index (χ1) is 9.90. The number of hydrogen-bond acceptors (Lipinski definition) is 5. The van der Waals surface area contributed by atoms with Gasteiger partial charge in [-0.15, -0.1) is 11.3 Å². The summed E-state index contributed by atoms with van der Waals surface area (Å²) in [5.74, 6) is -1.39. The Bertz CT molecular complexity index is 648. The van der Waals surface area contributed by atoms with Crippen LogP contribution in [0.4, 0.5) is 0 Å². The fourth-order valence-corrected chi connectivity index (χ4v) is 2.61. The molecule has 6 nitrogen and oxygen atoms in total. The highest BCUT2D eigenvalue weighted by atomic mass is 32.1. The quantitative estimate of drug-likeness (QED) is 0.885. The highest BCUT2D eigenvalue weighted by Gasteiger charge is 2.24. The van der Waals surface area contributed by atoms with Gasteiger partial charge in [-0.2, -0.15) is 0 Å². The monoisotopic (exact) mass is 308 g/mol. The second-order valence-corrected chi connectivity index (χ2v) is 5.99. The number of carbonyl (C=O) groups is 2. The minimum absolute atomic E-state index is 0.302. The Hall–Kier alpha value is -2.15. The number of aromatic nitrogens is 1. The first-order valence-corrected chi connectivity index (χ1v) is 7.26. The fourth-order valence-electron chi connectivity index (χ4n) is 1.73. The largest absolute Gasteiger partial charge is 0.481 e. The van der Waals surface area contributed by atoms with Crippen LogP contribution in [0, 0.1) is 12.8 Å². The third-order valence-corrected chi connectivity index (χ3v) is 4.23. The van der Waals surface area contributed by atoms with Gasteiger partial charge in [-0.1, -0.05) is 0 Å². The molecule has 0 bridgehead atoms. The third-order valence-electron chi connectivity index (χ3n) is 3.24. The van der Waals surface area contributed by atoms with Gasteiger partial charge in [0.2, 0.25) is 0 Å². The maximum absolute atomic E-state index is 12.2. The Morgan fingerprint density at radius 3 is 2.71 bits per heavy atom. The molecule has 0 radical (unpaired) electrons. The number of nitrogens with zero attached hydrogens (tertiary/aromatic N) is 1. The molecule has 0 aromatic carbocycles. The number of furan rings is 1. The predicted octanol–water partition coefficient (Wildman–Crippen LogP) is 2.55. The predicted molar refractivity (Wildman–Crippen MR) is 78.3 cm³/mol. The first-order valence-electron chi connectivity index (χ1n) is 6.45. The standard InChI is InChI=1S/C14H16N2O4S/c1-7(14(18)19)8(2)15-12(17)11-9(3)21-13(16-11)10-5-4-6-20-10/h4-8H,1-3H3,(H,15,17)(H,18,19). The average molecular weight is 308 g/mol. The van der Waals surface area contributed by atoms with Crippen LogP contribution in [0.5, 0.6) is 0 Å². The van der Waals surface area contributed by atoms with Gasteiger partial charge in [0.05, 0.1) is 12.2 Å². The van der Waals surface area contributed by atoms with E-state index in [0.29, 0.717) is 16.5 Å². The van der Waals surface area contributed by atoms with Crippen molar-refractivity contribution in [2.75, 3.05) is 0 Å². The highest BCUT2D eigenvalue weighted by Crippen LogP contribution is 2.27. The summed E-state index contributed by atoms with van der Waals surface area (Å²) in [4.78, 5) is 28.1. The van der Waals surface area contributed by atoms with E-state index in [1.54, 1.807) is 39.2 Å². The van der Waals surface area contributed by atoms with Crippen molar-refractivity contribution >= 4 is 23.2 Å². The van der Waals surface area contributed by atoms with Gasteiger partial charge in [0, 0.05) is 10.9 Å². The van der Waals surface area contributed by atoms with E-state index in [1.807, 2.05) is 0 Å². The molecule has 112 valence electrons. The minimum atomic E-state index is -0.950. The molecule has 2 aromatic heterocycles. The van der Waals surface area contributed by atoms with Crippen molar-refractivity contribution in [2.45, 2.75) is 26.8 Å². The second-order valence-electron chi connectivity index (χ2n) is 4.79. The molecule has 21 heavy (non-hydrogen) atoms. The Balaban J connectivity index is 2.15. The van der Waals surface area contributed by atoms with Crippen LogP contribution in [0.1, 0.15) is 29.2 Å². The maximum atomic E-state index is 12.2. The molecule has 0 fully saturated rings. The summed E-state index contributed by atoms with van der Waals surface area (Å²) in [7, 11) is 0. The summed E-state index contributed by atoms with van der Waals surface area (Å²) in [6.45, 7) is 5.01. The summed E-state index contributed by atoms with van der Waals surface area (Å²) in [6, 6.07) is 3.04. The summed E-state index contributed by atoms with van der Waals surface area (Å²) >= 11 is 1.36. The Labute approximate surface area is 125 Å². The third kappa shape index (κ3) is 3.30. The maximum Gasteiger partial charge on any atom is 0.308 e. The Morgan fingerprint density at radius 1 is 1.43 bits per heavy atom. The van der Waals surface area contributed by atoms with Crippen molar-refractivity contribution in [2.24, 2.45) is 5.92 Å². The molecule has 2 unspecified atom stereocenters. The molecule has 0 saturated heterocycles. The van der Waals surface area contributed by atoms with Crippen LogP contribution in [-0.4, -0.2) is 28.0 Å². The summed E-state index contributed by atoms with van der Waals surface area (Å²) in [6.07, 6.45) is 1.54. The lowest BCUT2D eigenvalue weighted by Crippen LogP contribution is -2.40. The topological polar surface area (TPSA) is 92.4 Å². The molecule has 2 atom stereocenters. The number of rotatable bonds is 5. The SMILES string of the molecule is Cc1sc(-c2ccco2)nc1C(=O)NC(C)C(C)C(=O)O. The number of carboxylic acid groups (broad SMARTS) is 1. The number of thiazole rings is 1. The summed E-state index contributed by atoms with van der Waals surface area (Å²) in [5.41, 5.74) is 0.302. The van der Waals surface area contributed by atoms with Gasteiger partial charge in [0.1, 0.15) is 5.69 Å². The van der Waals surface area contributed by atoms with Gasteiger partial charge in [0.15, 0.2) is 10.8 Å².